The molecule has 0 saturated carbocycles. The summed E-state index contributed by atoms with van der Waals surface area (Å²) in [4.78, 5) is 47.7. The van der Waals surface area contributed by atoms with Crippen molar-refractivity contribution in [1.82, 2.24) is 0 Å². The Kier molecular flexibility index (Phi) is 8.44. The Morgan fingerprint density at radius 2 is 1.32 bits per heavy atom. The molecule has 25 heavy (non-hydrogen) atoms. The van der Waals surface area contributed by atoms with E-state index in [9.17, 15) is 19.2 Å². The summed E-state index contributed by atoms with van der Waals surface area (Å²) in [6.07, 6.45) is -0.667. The minimum absolute atomic E-state index is 0.105. The zero-order chi connectivity index (χ0) is 20.0. The van der Waals surface area contributed by atoms with Gasteiger partial charge in [-0.15, -0.1) is 0 Å². The molecule has 0 aromatic heterocycles. The molecule has 2 N–H and O–H groups in total. The van der Waals surface area contributed by atoms with Gasteiger partial charge in [0.2, 0.25) is 0 Å². The Morgan fingerprint density at radius 1 is 0.840 bits per heavy atom. The van der Waals surface area contributed by atoms with Crippen LogP contribution in [-0.4, -0.2) is 40.7 Å². The predicted molar refractivity (Wildman–Crippen MR) is 92.7 cm³/mol. The van der Waals surface area contributed by atoms with Crippen LogP contribution >= 0.6 is 0 Å². The average molecular weight is 357 g/mol. The van der Waals surface area contributed by atoms with Crippen LogP contribution in [-0.2, 0) is 28.7 Å². The van der Waals surface area contributed by atoms with Crippen molar-refractivity contribution in [3.05, 3.63) is 0 Å². The van der Waals surface area contributed by atoms with Crippen molar-refractivity contribution in [3.8, 4) is 0 Å². The van der Waals surface area contributed by atoms with E-state index < -0.39 is 40.9 Å². The van der Waals surface area contributed by atoms with E-state index in [-0.39, 0.29) is 25.0 Å². The molecule has 0 aromatic carbocycles. The van der Waals surface area contributed by atoms with Crippen LogP contribution < -0.4 is 5.73 Å². The lowest BCUT2D eigenvalue weighted by Gasteiger charge is -2.25. The van der Waals surface area contributed by atoms with Crippen LogP contribution in [0.1, 0.15) is 67.7 Å². The monoisotopic (exact) mass is 357 g/mol. The number of hydrogen-bond donors (Lipinski definition) is 1. The minimum atomic E-state index is -1.00. The minimum Gasteiger partial charge on any atom is -0.460 e. The second kappa shape index (κ2) is 9.08. The second-order valence-electron chi connectivity index (χ2n) is 8.20. The maximum atomic E-state index is 12.4. The van der Waals surface area contributed by atoms with E-state index in [2.05, 4.69) is 0 Å². The standard InChI is InChI=1S/C18H31NO6/c1-11(20)8-13(19)14(21)9-12(16(23)25-18(5,6)7)10-15(22)24-17(2,3)4/h12-13H,8-10,19H2,1-7H3/t12-,13?/m0/s1. The molecule has 0 amide bonds. The maximum absolute atomic E-state index is 12.4. The summed E-state index contributed by atoms with van der Waals surface area (Å²) in [6, 6.07) is -0.999. The zero-order valence-electron chi connectivity index (χ0n) is 16.3. The first-order valence-electron chi connectivity index (χ1n) is 8.33. The highest BCUT2D eigenvalue weighted by Crippen LogP contribution is 2.20. The van der Waals surface area contributed by atoms with Gasteiger partial charge in [0.1, 0.15) is 17.0 Å². The van der Waals surface area contributed by atoms with Crippen molar-refractivity contribution in [1.29, 1.82) is 0 Å². The molecule has 2 atom stereocenters. The summed E-state index contributed by atoms with van der Waals surface area (Å²) in [5.41, 5.74) is 4.23. The molecule has 0 aliphatic rings. The first-order valence-corrected chi connectivity index (χ1v) is 8.33. The number of esters is 2. The van der Waals surface area contributed by atoms with Crippen molar-refractivity contribution in [3.63, 3.8) is 0 Å². The van der Waals surface area contributed by atoms with Gasteiger partial charge in [-0.2, -0.15) is 0 Å². The molecular formula is C18H31NO6. The maximum Gasteiger partial charge on any atom is 0.310 e. The fourth-order valence-corrected chi connectivity index (χ4v) is 2.03. The molecule has 1 unspecified atom stereocenters. The molecule has 0 spiro atoms. The lowest BCUT2D eigenvalue weighted by molar-refractivity contribution is -0.168. The van der Waals surface area contributed by atoms with Gasteiger partial charge in [-0.3, -0.25) is 19.2 Å². The molecule has 0 aliphatic heterocycles. The molecule has 0 saturated heterocycles. The summed E-state index contributed by atoms with van der Waals surface area (Å²) in [5, 5.41) is 0. The summed E-state index contributed by atoms with van der Waals surface area (Å²) in [6.45, 7) is 11.5. The van der Waals surface area contributed by atoms with Gasteiger partial charge in [-0.1, -0.05) is 0 Å². The number of ether oxygens (including phenoxy) is 2. The number of hydrogen-bond acceptors (Lipinski definition) is 7. The van der Waals surface area contributed by atoms with Crippen LogP contribution in [0.3, 0.4) is 0 Å². The van der Waals surface area contributed by atoms with Crippen LogP contribution in [0.4, 0.5) is 0 Å². The van der Waals surface area contributed by atoms with Gasteiger partial charge in [0.15, 0.2) is 5.78 Å². The van der Waals surface area contributed by atoms with Crippen LogP contribution in [0, 0.1) is 5.92 Å². The van der Waals surface area contributed by atoms with Crippen LogP contribution in [0.15, 0.2) is 0 Å². The highest BCUT2D eigenvalue weighted by Gasteiger charge is 2.32. The Hall–Kier alpha value is -1.76. The van der Waals surface area contributed by atoms with Gasteiger partial charge >= 0.3 is 11.9 Å². The Balaban J connectivity index is 5.13. The van der Waals surface area contributed by atoms with E-state index in [4.69, 9.17) is 15.2 Å². The molecule has 7 heteroatoms. The van der Waals surface area contributed by atoms with E-state index in [1.54, 1.807) is 41.5 Å². The van der Waals surface area contributed by atoms with Crippen molar-refractivity contribution in [2.45, 2.75) is 85.0 Å². The lowest BCUT2D eigenvalue weighted by atomic mass is 9.93. The van der Waals surface area contributed by atoms with Gasteiger partial charge in [0, 0.05) is 12.8 Å². The number of nitrogens with two attached hydrogens (primary N) is 1. The fourth-order valence-electron chi connectivity index (χ4n) is 2.03. The second-order valence-corrected chi connectivity index (χ2v) is 8.20. The van der Waals surface area contributed by atoms with Crippen LogP contribution in [0.2, 0.25) is 0 Å². The molecule has 144 valence electrons. The Morgan fingerprint density at radius 3 is 1.72 bits per heavy atom. The molecule has 0 fully saturated rings. The molecule has 7 nitrogen and oxygen atoms in total. The Labute approximate surface area is 149 Å². The molecule has 0 bridgehead atoms. The largest absolute Gasteiger partial charge is 0.460 e. The van der Waals surface area contributed by atoms with Crippen molar-refractivity contribution >= 4 is 23.5 Å². The normalized spacial score (nSPS) is 14.4. The predicted octanol–water partition coefficient (Wildman–Crippen LogP) is 1.94. The number of carbonyl (C=O) groups is 4. The third kappa shape index (κ3) is 11.4. The zero-order valence-corrected chi connectivity index (χ0v) is 16.3. The summed E-state index contributed by atoms with van der Waals surface area (Å²) in [7, 11) is 0. The first-order chi connectivity index (χ1) is 11.1. The van der Waals surface area contributed by atoms with Gasteiger partial charge < -0.3 is 15.2 Å². The first kappa shape index (κ1) is 23.2. The number of ketones is 2. The molecule has 0 heterocycles. The highest BCUT2D eigenvalue weighted by molar-refractivity contribution is 5.92. The van der Waals surface area contributed by atoms with E-state index in [1.165, 1.54) is 6.92 Å². The quantitative estimate of drug-likeness (QED) is 0.660. The third-order valence-electron chi connectivity index (χ3n) is 2.94. The van der Waals surface area contributed by atoms with Gasteiger partial charge in [-0.25, -0.2) is 0 Å². The number of Topliss-reactive ketones (excluding diaryl/α,β-unsaturated/α-hetero) is 2. The van der Waals surface area contributed by atoms with E-state index in [1.807, 2.05) is 0 Å². The summed E-state index contributed by atoms with van der Waals surface area (Å²) < 4.78 is 10.5. The van der Waals surface area contributed by atoms with Crippen LogP contribution in [0.5, 0.6) is 0 Å². The number of rotatable bonds is 8. The third-order valence-corrected chi connectivity index (χ3v) is 2.94. The molecule has 0 aliphatic carbocycles. The van der Waals surface area contributed by atoms with E-state index >= 15 is 0 Å². The van der Waals surface area contributed by atoms with Crippen molar-refractivity contribution in [2.75, 3.05) is 0 Å². The topological polar surface area (TPSA) is 113 Å². The smallest absolute Gasteiger partial charge is 0.310 e. The Bertz CT molecular complexity index is 513. The molecule has 0 rings (SSSR count). The summed E-state index contributed by atoms with van der Waals surface area (Å²) >= 11 is 0. The SMILES string of the molecule is CC(=O)CC(N)C(=O)C[C@@H](CC(=O)OC(C)(C)C)C(=O)OC(C)(C)C. The molecule has 0 aromatic rings. The highest BCUT2D eigenvalue weighted by atomic mass is 16.6. The van der Waals surface area contributed by atoms with Gasteiger partial charge in [0.05, 0.1) is 18.4 Å². The van der Waals surface area contributed by atoms with Crippen molar-refractivity contribution in [2.24, 2.45) is 11.7 Å². The average Bonchev–Trinajstić information content (AvgIpc) is 2.32. The molecular weight excluding hydrogens is 326 g/mol. The van der Waals surface area contributed by atoms with Gasteiger partial charge in [0.25, 0.3) is 0 Å². The van der Waals surface area contributed by atoms with E-state index in [0.717, 1.165) is 0 Å². The fraction of sp³-hybridized carbons (Fsp3) is 0.778. The van der Waals surface area contributed by atoms with Crippen molar-refractivity contribution < 1.29 is 28.7 Å². The summed E-state index contributed by atoms with van der Waals surface area (Å²) in [5.74, 6) is -2.95. The van der Waals surface area contributed by atoms with Gasteiger partial charge in [-0.05, 0) is 48.5 Å². The van der Waals surface area contributed by atoms with E-state index in [0.29, 0.717) is 0 Å². The van der Waals surface area contributed by atoms with Crippen LogP contribution in [0.25, 0.3) is 0 Å². The number of carbonyl (C=O) groups excluding carboxylic acids is 4. The lowest BCUT2D eigenvalue weighted by Crippen LogP contribution is -2.37. The molecule has 0 radical (unpaired) electrons.